The summed E-state index contributed by atoms with van der Waals surface area (Å²) >= 11 is 0. The minimum absolute atomic E-state index is 0.132. The Kier molecular flexibility index (Phi) is 5.46. The number of carbonyl (C=O) groups excluding carboxylic acids is 1. The smallest absolute Gasteiger partial charge is 0.269 e. The zero-order chi connectivity index (χ0) is 23.4. The molecule has 11 heteroatoms. The number of hydrogen-bond donors (Lipinski definition) is 0. The van der Waals surface area contributed by atoms with Crippen LogP contribution in [0.2, 0.25) is 0 Å². The summed E-state index contributed by atoms with van der Waals surface area (Å²) in [6, 6.07) is 9.85. The minimum atomic E-state index is -3.63. The SMILES string of the molecule is Cc1ccc2c(c1)N(S(C)(=O)=O)CC(C(=O)N1CCc3cc(S(=O)(=O)N(C)C)ccc31)O2. The van der Waals surface area contributed by atoms with Gasteiger partial charge >= 0.3 is 0 Å². The zero-order valence-electron chi connectivity index (χ0n) is 18.3. The molecule has 9 nitrogen and oxygen atoms in total. The number of amides is 1. The van der Waals surface area contributed by atoms with Gasteiger partial charge in [-0.15, -0.1) is 0 Å². The van der Waals surface area contributed by atoms with E-state index in [2.05, 4.69) is 0 Å². The van der Waals surface area contributed by atoms with Crippen LogP contribution in [0, 0.1) is 6.92 Å². The van der Waals surface area contributed by atoms with Crippen LogP contribution in [-0.2, 0) is 31.3 Å². The number of carbonyl (C=O) groups is 1. The summed E-state index contributed by atoms with van der Waals surface area (Å²) in [6.45, 7) is 2.08. The number of sulfonamides is 2. The molecule has 1 atom stereocenters. The van der Waals surface area contributed by atoms with E-state index in [0.29, 0.717) is 30.1 Å². The molecule has 1 amide bonds. The fraction of sp³-hybridized carbons (Fsp3) is 0.381. The Hall–Kier alpha value is -2.63. The first kappa shape index (κ1) is 22.6. The quantitative estimate of drug-likeness (QED) is 0.656. The van der Waals surface area contributed by atoms with Crippen LogP contribution >= 0.6 is 0 Å². The van der Waals surface area contributed by atoms with Crippen molar-refractivity contribution in [3.05, 3.63) is 47.5 Å². The first-order valence-corrected chi connectivity index (χ1v) is 13.3. The second-order valence-electron chi connectivity index (χ2n) is 8.19. The fourth-order valence-electron chi connectivity index (χ4n) is 3.96. The van der Waals surface area contributed by atoms with E-state index in [1.807, 2.05) is 6.92 Å². The molecule has 0 saturated heterocycles. The average molecular weight is 480 g/mol. The van der Waals surface area contributed by atoms with Crippen molar-refractivity contribution in [1.29, 1.82) is 0 Å². The van der Waals surface area contributed by atoms with Crippen LogP contribution in [0.1, 0.15) is 11.1 Å². The molecule has 0 spiro atoms. The third kappa shape index (κ3) is 3.84. The number of aryl methyl sites for hydroxylation is 1. The highest BCUT2D eigenvalue weighted by atomic mass is 32.2. The predicted molar refractivity (Wildman–Crippen MR) is 121 cm³/mol. The minimum Gasteiger partial charge on any atom is -0.476 e. The Morgan fingerprint density at radius 2 is 1.78 bits per heavy atom. The van der Waals surface area contributed by atoms with Crippen molar-refractivity contribution in [3.8, 4) is 5.75 Å². The number of nitrogens with zero attached hydrogens (tertiary/aromatic N) is 3. The van der Waals surface area contributed by atoms with E-state index in [0.717, 1.165) is 21.7 Å². The zero-order valence-corrected chi connectivity index (χ0v) is 19.9. The predicted octanol–water partition coefficient (Wildman–Crippen LogP) is 1.36. The normalized spacial score (nSPS) is 18.3. The van der Waals surface area contributed by atoms with E-state index < -0.39 is 26.2 Å². The Morgan fingerprint density at radius 1 is 1.06 bits per heavy atom. The second kappa shape index (κ2) is 7.75. The molecule has 2 aliphatic heterocycles. The van der Waals surface area contributed by atoms with Gasteiger partial charge in [-0.1, -0.05) is 6.07 Å². The molecule has 172 valence electrons. The first-order valence-electron chi connectivity index (χ1n) is 10.0. The Balaban J connectivity index is 1.65. The van der Waals surface area contributed by atoms with Crippen LogP contribution in [0.3, 0.4) is 0 Å². The maximum Gasteiger partial charge on any atom is 0.269 e. The fourth-order valence-corrected chi connectivity index (χ4v) is 5.82. The van der Waals surface area contributed by atoms with Crippen LogP contribution in [-0.4, -0.2) is 66.6 Å². The molecule has 0 aliphatic carbocycles. The summed E-state index contributed by atoms with van der Waals surface area (Å²) in [5.41, 5.74) is 2.64. The van der Waals surface area contributed by atoms with Crippen molar-refractivity contribution in [3.63, 3.8) is 0 Å². The lowest BCUT2D eigenvalue weighted by Crippen LogP contribution is -2.51. The second-order valence-corrected chi connectivity index (χ2v) is 12.2. The van der Waals surface area contributed by atoms with Crippen molar-refractivity contribution in [2.24, 2.45) is 0 Å². The number of fused-ring (bicyclic) bond motifs is 2. The van der Waals surface area contributed by atoms with Gasteiger partial charge in [0, 0.05) is 26.3 Å². The molecule has 2 aromatic rings. The van der Waals surface area contributed by atoms with Gasteiger partial charge in [0.05, 0.1) is 23.4 Å². The highest BCUT2D eigenvalue weighted by molar-refractivity contribution is 7.92. The maximum absolute atomic E-state index is 13.4. The number of hydrogen-bond acceptors (Lipinski definition) is 6. The highest BCUT2D eigenvalue weighted by Crippen LogP contribution is 2.37. The summed E-state index contributed by atoms with van der Waals surface area (Å²) in [5, 5.41) is 0. The molecule has 2 aromatic carbocycles. The summed E-state index contributed by atoms with van der Waals surface area (Å²) in [6.07, 6.45) is 0.580. The van der Waals surface area contributed by atoms with Gasteiger partial charge in [0.1, 0.15) is 5.75 Å². The van der Waals surface area contributed by atoms with E-state index in [9.17, 15) is 21.6 Å². The highest BCUT2D eigenvalue weighted by Gasteiger charge is 2.39. The molecule has 0 saturated carbocycles. The molecule has 0 bridgehead atoms. The van der Waals surface area contributed by atoms with Gasteiger partial charge in [-0.05, 0) is 54.8 Å². The van der Waals surface area contributed by atoms with E-state index >= 15 is 0 Å². The van der Waals surface area contributed by atoms with Crippen LogP contribution in [0.4, 0.5) is 11.4 Å². The number of benzene rings is 2. The molecule has 2 heterocycles. The van der Waals surface area contributed by atoms with Crippen molar-refractivity contribution >= 4 is 37.3 Å². The van der Waals surface area contributed by atoms with Crippen LogP contribution in [0.5, 0.6) is 5.75 Å². The van der Waals surface area contributed by atoms with Gasteiger partial charge in [-0.2, -0.15) is 0 Å². The van der Waals surface area contributed by atoms with Crippen molar-refractivity contribution in [2.75, 3.05) is 42.6 Å². The molecule has 2 aliphatic rings. The van der Waals surface area contributed by atoms with Crippen LogP contribution in [0.25, 0.3) is 0 Å². The Labute approximate surface area is 188 Å². The van der Waals surface area contributed by atoms with Crippen molar-refractivity contribution in [2.45, 2.75) is 24.3 Å². The number of ether oxygens (including phenoxy) is 1. The van der Waals surface area contributed by atoms with E-state index in [-0.39, 0.29) is 17.3 Å². The number of rotatable bonds is 4. The topological polar surface area (TPSA) is 104 Å². The lowest BCUT2D eigenvalue weighted by Gasteiger charge is -2.35. The molecule has 0 fully saturated rings. The molecule has 0 radical (unpaired) electrons. The van der Waals surface area contributed by atoms with Gasteiger partial charge in [0.15, 0.2) is 6.10 Å². The lowest BCUT2D eigenvalue weighted by atomic mass is 10.1. The van der Waals surface area contributed by atoms with Crippen molar-refractivity contribution in [1.82, 2.24) is 4.31 Å². The van der Waals surface area contributed by atoms with E-state index in [4.69, 9.17) is 4.74 Å². The largest absolute Gasteiger partial charge is 0.476 e. The van der Waals surface area contributed by atoms with Crippen LogP contribution in [0.15, 0.2) is 41.3 Å². The monoisotopic (exact) mass is 479 g/mol. The molecule has 0 N–H and O–H groups in total. The van der Waals surface area contributed by atoms with E-state index in [1.165, 1.54) is 29.4 Å². The number of anilines is 2. The lowest BCUT2D eigenvalue weighted by molar-refractivity contribution is -0.125. The third-order valence-electron chi connectivity index (χ3n) is 5.65. The summed E-state index contributed by atoms with van der Waals surface area (Å²) < 4.78 is 57.9. The molecule has 4 rings (SSSR count). The van der Waals surface area contributed by atoms with E-state index in [1.54, 1.807) is 30.3 Å². The van der Waals surface area contributed by atoms with Gasteiger partial charge in [0.25, 0.3) is 5.91 Å². The average Bonchev–Trinajstić information content (AvgIpc) is 3.14. The van der Waals surface area contributed by atoms with Gasteiger partial charge in [-0.3, -0.25) is 9.10 Å². The Bertz CT molecular complexity index is 1300. The molecule has 0 aromatic heterocycles. The summed E-state index contributed by atoms with van der Waals surface area (Å²) in [5.74, 6) is -0.0377. The van der Waals surface area contributed by atoms with Gasteiger partial charge in [0.2, 0.25) is 20.0 Å². The van der Waals surface area contributed by atoms with Crippen molar-refractivity contribution < 1.29 is 26.4 Å². The molecule has 32 heavy (non-hydrogen) atoms. The molecular weight excluding hydrogens is 454 g/mol. The maximum atomic E-state index is 13.4. The standard InChI is InChI=1S/C21H25N3O6S2/c1-14-5-8-19-18(11-14)24(31(4,26)27)13-20(30-19)21(25)23-10-9-15-12-16(6-7-17(15)23)32(28,29)22(2)3/h5-8,11-12,20H,9-10,13H2,1-4H3. The summed E-state index contributed by atoms with van der Waals surface area (Å²) in [7, 11) is -4.28. The first-order chi connectivity index (χ1) is 14.9. The van der Waals surface area contributed by atoms with Gasteiger partial charge in [-0.25, -0.2) is 21.1 Å². The molecule has 1 unspecified atom stereocenters. The summed E-state index contributed by atoms with van der Waals surface area (Å²) in [4.78, 5) is 15.1. The van der Waals surface area contributed by atoms with Gasteiger partial charge < -0.3 is 9.64 Å². The Morgan fingerprint density at radius 3 is 2.44 bits per heavy atom. The molecular formula is C21H25N3O6S2. The van der Waals surface area contributed by atoms with Crippen LogP contribution < -0.4 is 13.9 Å². The third-order valence-corrected chi connectivity index (χ3v) is 8.61.